The van der Waals surface area contributed by atoms with Gasteiger partial charge in [-0.3, -0.25) is 0 Å². The lowest BCUT2D eigenvalue weighted by Gasteiger charge is -2.15. The molecule has 1 heterocycles. The minimum absolute atomic E-state index is 0.360. The van der Waals surface area contributed by atoms with Crippen LogP contribution in [0.25, 0.3) is 0 Å². The number of aromatic nitrogens is 2. The van der Waals surface area contributed by atoms with Crippen molar-refractivity contribution in [2.75, 3.05) is 13.7 Å². The molecule has 1 rings (SSSR count). The zero-order valence-electron chi connectivity index (χ0n) is 9.62. The summed E-state index contributed by atoms with van der Waals surface area (Å²) in [7, 11) is 1.71. The molecule has 0 saturated heterocycles. The van der Waals surface area contributed by atoms with E-state index in [0.29, 0.717) is 30.9 Å². The van der Waals surface area contributed by atoms with Crippen LogP contribution in [0.15, 0.2) is 4.52 Å². The van der Waals surface area contributed by atoms with E-state index >= 15 is 0 Å². The molecule has 0 saturated carbocycles. The second kappa shape index (κ2) is 6.53. The molecule has 0 aliphatic rings. The largest absolute Gasteiger partial charge is 0.383 e. The normalized spacial score (nSPS) is 13.0. The number of ether oxygens (including phenoxy) is 1. The smallest absolute Gasteiger partial charge is 0.223 e. The molecule has 0 spiro atoms. The summed E-state index contributed by atoms with van der Waals surface area (Å²) < 4.78 is 10.0. The molecule has 5 heteroatoms. The Morgan fingerprint density at radius 2 is 2.33 bits per heavy atom. The molecule has 1 aromatic heterocycles. The first-order valence-electron chi connectivity index (χ1n) is 5.27. The van der Waals surface area contributed by atoms with Gasteiger partial charge in [-0.1, -0.05) is 18.5 Å². The van der Waals surface area contributed by atoms with Gasteiger partial charge in [-0.2, -0.15) is 4.98 Å². The first kappa shape index (κ1) is 12.1. The third-order valence-corrected chi connectivity index (χ3v) is 2.12. The van der Waals surface area contributed by atoms with Gasteiger partial charge in [0.1, 0.15) is 0 Å². The number of rotatable bonds is 7. The van der Waals surface area contributed by atoms with Crippen molar-refractivity contribution < 1.29 is 9.26 Å². The molecule has 1 unspecified atom stereocenters. The maximum Gasteiger partial charge on any atom is 0.223 e. The number of aryl methyl sites for hydroxylation is 1. The van der Waals surface area contributed by atoms with E-state index in [-0.39, 0.29) is 0 Å². The summed E-state index contributed by atoms with van der Waals surface area (Å²) in [6.45, 7) is 5.29. The van der Waals surface area contributed by atoms with E-state index in [1.54, 1.807) is 14.0 Å². The Bertz CT molecular complexity index is 269. The predicted molar refractivity (Wildman–Crippen MR) is 56.4 cm³/mol. The molecule has 0 amide bonds. The fourth-order valence-corrected chi connectivity index (χ4v) is 1.44. The molecule has 0 aromatic carbocycles. The Morgan fingerprint density at radius 1 is 1.53 bits per heavy atom. The predicted octanol–water partition coefficient (Wildman–Crippen LogP) is 1.28. The van der Waals surface area contributed by atoms with Crippen LogP contribution < -0.4 is 5.32 Å². The lowest BCUT2D eigenvalue weighted by molar-refractivity contribution is 0.161. The van der Waals surface area contributed by atoms with E-state index < -0.39 is 0 Å². The van der Waals surface area contributed by atoms with Gasteiger partial charge < -0.3 is 14.6 Å². The first-order valence-corrected chi connectivity index (χ1v) is 5.27. The number of nitrogens with one attached hydrogen (secondary N) is 1. The van der Waals surface area contributed by atoms with Gasteiger partial charge in [0.15, 0.2) is 5.82 Å². The van der Waals surface area contributed by atoms with Gasteiger partial charge >= 0.3 is 0 Å². The summed E-state index contributed by atoms with van der Waals surface area (Å²) in [6.07, 6.45) is 2.22. The number of methoxy groups -OCH3 is 1. The summed E-state index contributed by atoms with van der Waals surface area (Å²) in [4.78, 5) is 4.12. The van der Waals surface area contributed by atoms with Crippen LogP contribution in [-0.4, -0.2) is 29.9 Å². The summed E-state index contributed by atoms with van der Waals surface area (Å²) in [5.74, 6) is 1.30. The summed E-state index contributed by atoms with van der Waals surface area (Å²) >= 11 is 0. The molecule has 0 fully saturated rings. The highest BCUT2D eigenvalue weighted by Gasteiger charge is 2.08. The minimum atomic E-state index is 0.360. The van der Waals surface area contributed by atoms with Gasteiger partial charge in [0.25, 0.3) is 0 Å². The molecule has 0 aliphatic heterocycles. The van der Waals surface area contributed by atoms with Crippen molar-refractivity contribution in [3.05, 3.63) is 11.7 Å². The maximum absolute atomic E-state index is 5.12. The van der Waals surface area contributed by atoms with E-state index in [0.717, 1.165) is 12.8 Å². The highest BCUT2D eigenvalue weighted by molar-refractivity contribution is 4.84. The quantitative estimate of drug-likeness (QED) is 0.739. The number of hydrogen-bond donors (Lipinski definition) is 1. The Balaban J connectivity index is 2.32. The summed E-state index contributed by atoms with van der Waals surface area (Å²) in [6, 6.07) is 0.360. The van der Waals surface area contributed by atoms with Crippen LogP contribution in [0, 0.1) is 6.92 Å². The SMILES string of the molecule is CCCC(COC)NCc1noc(C)n1. The van der Waals surface area contributed by atoms with Crippen LogP contribution in [0.3, 0.4) is 0 Å². The third-order valence-electron chi connectivity index (χ3n) is 2.12. The number of nitrogens with zero attached hydrogens (tertiary/aromatic N) is 2. The molecular weight excluding hydrogens is 194 g/mol. The Labute approximate surface area is 90.2 Å². The summed E-state index contributed by atoms with van der Waals surface area (Å²) in [5, 5.41) is 7.16. The Kier molecular flexibility index (Phi) is 5.28. The van der Waals surface area contributed by atoms with E-state index in [1.165, 1.54) is 0 Å². The summed E-state index contributed by atoms with van der Waals surface area (Å²) in [5.41, 5.74) is 0. The van der Waals surface area contributed by atoms with Crippen molar-refractivity contribution in [3.63, 3.8) is 0 Å². The molecule has 0 radical (unpaired) electrons. The molecule has 0 bridgehead atoms. The van der Waals surface area contributed by atoms with Crippen molar-refractivity contribution in [2.24, 2.45) is 0 Å². The Hall–Kier alpha value is -0.940. The van der Waals surface area contributed by atoms with Gasteiger partial charge in [-0.25, -0.2) is 0 Å². The van der Waals surface area contributed by atoms with Crippen LogP contribution in [0.5, 0.6) is 0 Å². The monoisotopic (exact) mass is 213 g/mol. The van der Waals surface area contributed by atoms with Crippen molar-refractivity contribution >= 4 is 0 Å². The van der Waals surface area contributed by atoms with Gasteiger partial charge in [-0.15, -0.1) is 0 Å². The third kappa shape index (κ3) is 4.40. The molecule has 1 atom stereocenters. The van der Waals surface area contributed by atoms with Gasteiger partial charge in [0, 0.05) is 20.1 Å². The standard InChI is InChI=1S/C10H19N3O2/c1-4-5-9(7-14-3)11-6-10-12-8(2)15-13-10/h9,11H,4-7H2,1-3H3. The topological polar surface area (TPSA) is 60.2 Å². The van der Waals surface area contributed by atoms with Crippen molar-refractivity contribution in [3.8, 4) is 0 Å². The van der Waals surface area contributed by atoms with E-state index in [2.05, 4.69) is 22.4 Å². The van der Waals surface area contributed by atoms with Crippen LogP contribution in [0.4, 0.5) is 0 Å². The first-order chi connectivity index (χ1) is 7.26. The highest BCUT2D eigenvalue weighted by Crippen LogP contribution is 2.00. The average Bonchev–Trinajstić information content (AvgIpc) is 2.61. The minimum Gasteiger partial charge on any atom is -0.383 e. The second-order valence-corrected chi connectivity index (χ2v) is 3.55. The fourth-order valence-electron chi connectivity index (χ4n) is 1.44. The van der Waals surface area contributed by atoms with Crippen LogP contribution in [-0.2, 0) is 11.3 Å². The zero-order valence-corrected chi connectivity index (χ0v) is 9.62. The number of hydrogen-bond acceptors (Lipinski definition) is 5. The maximum atomic E-state index is 5.12. The average molecular weight is 213 g/mol. The molecule has 86 valence electrons. The van der Waals surface area contributed by atoms with Crippen LogP contribution in [0.1, 0.15) is 31.5 Å². The van der Waals surface area contributed by atoms with Crippen molar-refractivity contribution in [1.82, 2.24) is 15.5 Å². The fraction of sp³-hybridized carbons (Fsp3) is 0.800. The molecule has 0 aliphatic carbocycles. The van der Waals surface area contributed by atoms with E-state index in [4.69, 9.17) is 9.26 Å². The highest BCUT2D eigenvalue weighted by atomic mass is 16.5. The molecule has 5 nitrogen and oxygen atoms in total. The zero-order chi connectivity index (χ0) is 11.1. The van der Waals surface area contributed by atoms with Gasteiger partial charge in [0.05, 0.1) is 13.2 Å². The molecular formula is C10H19N3O2. The molecule has 1 N–H and O–H groups in total. The van der Waals surface area contributed by atoms with E-state index in [9.17, 15) is 0 Å². The van der Waals surface area contributed by atoms with Crippen molar-refractivity contribution in [1.29, 1.82) is 0 Å². The van der Waals surface area contributed by atoms with Crippen LogP contribution >= 0.6 is 0 Å². The van der Waals surface area contributed by atoms with Crippen LogP contribution in [0.2, 0.25) is 0 Å². The molecule has 1 aromatic rings. The lowest BCUT2D eigenvalue weighted by Crippen LogP contribution is -2.32. The van der Waals surface area contributed by atoms with Gasteiger partial charge in [-0.05, 0) is 6.42 Å². The lowest BCUT2D eigenvalue weighted by atomic mass is 10.2. The second-order valence-electron chi connectivity index (χ2n) is 3.55. The van der Waals surface area contributed by atoms with E-state index in [1.807, 2.05) is 0 Å². The molecule has 15 heavy (non-hydrogen) atoms. The van der Waals surface area contributed by atoms with Gasteiger partial charge in [0.2, 0.25) is 5.89 Å². The Morgan fingerprint density at radius 3 is 2.87 bits per heavy atom. The van der Waals surface area contributed by atoms with Crippen molar-refractivity contribution in [2.45, 2.75) is 39.3 Å².